The lowest BCUT2D eigenvalue weighted by Gasteiger charge is -2.21. The van der Waals surface area contributed by atoms with Crippen molar-refractivity contribution < 1.29 is 5.11 Å². The fraction of sp³-hybridized carbons (Fsp3) is 0.417. The molecule has 1 rings (SSSR count). The number of rotatable bonds is 4. The van der Waals surface area contributed by atoms with Gasteiger partial charge in [0.1, 0.15) is 6.07 Å². The molecule has 0 radical (unpaired) electrons. The molecule has 0 saturated heterocycles. The molecule has 0 aromatic heterocycles. The Morgan fingerprint density at radius 1 is 1.50 bits per heavy atom. The van der Waals surface area contributed by atoms with E-state index < -0.39 is 0 Å². The zero-order valence-electron chi connectivity index (χ0n) is 9.57. The van der Waals surface area contributed by atoms with Gasteiger partial charge in [0.2, 0.25) is 0 Å². The lowest BCUT2D eigenvalue weighted by Crippen LogP contribution is -2.29. The van der Waals surface area contributed by atoms with Crippen molar-refractivity contribution in [2.75, 3.05) is 17.7 Å². The van der Waals surface area contributed by atoms with Crippen LogP contribution in [0.1, 0.15) is 19.4 Å². The van der Waals surface area contributed by atoms with Crippen LogP contribution < -0.4 is 11.1 Å². The number of nitrogen functional groups attached to an aromatic ring is 1. The monoisotopic (exact) mass is 219 g/mol. The highest BCUT2D eigenvalue weighted by Gasteiger charge is 2.12. The van der Waals surface area contributed by atoms with E-state index >= 15 is 0 Å². The third-order valence-corrected chi connectivity index (χ3v) is 2.53. The lowest BCUT2D eigenvalue weighted by molar-refractivity contribution is 0.249. The maximum atomic E-state index is 9.19. The predicted molar refractivity (Wildman–Crippen MR) is 64.9 cm³/mol. The minimum absolute atomic E-state index is 0.0184. The van der Waals surface area contributed by atoms with E-state index in [1.807, 2.05) is 19.9 Å². The average molecular weight is 219 g/mol. The summed E-state index contributed by atoms with van der Waals surface area (Å²) in [6.07, 6.45) is 0. The first kappa shape index (κ1) is 12.3. The molecule has 0 unspecified atom stereocenters. The molecule has 0 aliphatic carbocycles. The minimum atomic E-state index is -0.0184. The zero-order chi connectivity index (χ0) is 12.1. The van der Waals surface area contributed by atoms with E-state index in [2.05, 4.69) is 5.32 Å². The topological polar surface area (TPSA) is 82.1 Å². The Bertz CT molecular complexity index is 396. The minimum Gasteiger partial charge on any atom is -0.398 e. The maximum absolute atomic E-state index is 9.19. The number of benzene rings is 1. The Morgan fingerprint density at radius 3 is 2.69 bits per heavy atom. The molecule has 0 aliphatic rings. The SMILES string of the molecule is CC(C)[C@@H](CO)Nc1ccc(N)c(C#N)c1. The standard InChI is InChI=1S/C12H17N3O/c1-8(2)12(7-16)15-10-3-4-11(14)9(5-10)6-13/h3-5,8,12,15-16H,7,14H2,1-2H3/t12-/m1/s1. The van der Waals surface area contributed by atoms with Gasteiger partial charge in [0.05, 0.1) is 18.2 Å². The Kier molecular flexibility index (Phi) is 4.15. The van der Waals surface area contributed by atoms with Gasteiger partial charge in [-0.2, -0.15) is 5.26 Å². The van der Waals surface area contributed by atoms with Crippen LogP contribution >= 0.6 is 0 Å². The van der Waals surface area contributed by atoms with Crippen molar-refractivity contribution in [1.29, 1.82) is 5.26 Å². The summed E-state index contributed by atoms with van der Waals surface area (Å²) < 4.78 is 0. The molecule has 0 bridgehead atoms. The molecular weight excluding hydrogens is 202 g/mol. The van der Waals surface area contributed by atoms with Crippen LogP contribution in [0.15, 0.2) is 18.2 Å². The molecule has 4 heteroatoms. The second-order valence-electron chi connectivity index (χ2n) is 4.09. The fourth-order valence-corrected chi connectivity index (χ4v) is 1.38. The lowest BCUT2D eigenvalue weighted by atomic mass is 10.0. The van der Waals surface area contributed by atoms with E-state index in [9.17, 15) is 5.11 Å². The van der Waals surface area contributed by atoms with Crippen molar-refractivity contribution in [1.82, 2.24) is 0 Å². The quantitative estimate of drug-likeness (QED) is 0.671. The van der Waals surface area contributed by atoms with Crippen LogP contribution in [0.5, 0.6) is 0 Å². The number of nitrogens with one attached hydrogen (secondary N) is 1. The molecule has 1 aromatic carbocycles. The number of nitriles is 1. The molecule has 0 heterocycles. The highest BCUT2D eigenvalue weighted by molar-refractivity contribution is 5.62. The van der Waals surface area contributed by atoms with Crippen LogP contribution in [-0.4, -0.2) is 17.8 Å². The normalized spacial score (nSPS) is 12.2. The number of hydrogen-bond donors (Lipinski definition) is 3. The molecule has 0 saturated carbocycles. The molecule has 16 heavy (non-hydrogen) atoms. The molecule has 0 spiro atoms. The largest absolute Gasteiger partial charge is 0.398 e. The van der Waals surface area contributed by atoms with Gasteiger partial charge in [0.25, 0.3) is 0 Å². The first-order valence-corrected chi connectivity index (χ1v) is 5.25. The number of aliphatic hydroxyl groups is 1. The van der Waals surface area contributed by atoms with Crippen molar-refractivity contribution in [2.45, 2.75) is 19.9 Å². The second kappa shape index (κ2) is 5.38. The second-order valence-corrected chi connectivity index (χ2v) is 4.09. The average Bonchev–Trinajstić information content (AvgIpc) is 2.27. The van der Waals surface area contributed by atoms with Crippen molar-refractivity contribution in [3.05, 3.63) is 23.8 Å². The summed E-state index contributed by atoms with van der Waals surface area (Å²) >= 11 is 0. The van der Waals surface area contributed by atoms with Crippen molar-refractivity contribution in [2.24, 2.45) is 5.92 Å². The number of hydrogen-bond acceptors (Lipinski definition) is 4. The van der Waals surface area contributed by atoms with E-state index in [0.29, 0.717) is 17.2 Å². The number of nitrogens with two attached hydrogens (primary N) is 1. The van der Waals surface area contributed by atoms with Gasteiger partial charge in [-0.3, -0.25) is 0 Å². The van der Waals surface area contributed by atoms with E-state index in [1.165, 1.54) is 0 Å². The summed E-state index contributed by atoms with van der Waals surface area (Å²) in [6, 6.07) is 7.20. The Hall–Kier alpha value is -1.73. The molecule has 86 valence electrons. The third kappa shape index (κ3) is 2.88. The first-order valence-electron chi connectivity index (χ1n) is 5.25. The van der Waals surface area contributed by atoms with Crippen LogP contribution in [0.3, 0.4) is 0 Å². The van der Waals surface area contributed by atoms with Gasteiger partial charge >= 0.3 is 0 Å². The molecule has 1 atom stereocenters. The van der Waals surface area contributed by atoms with Gasteiger partial charge in [-0.25, -0.2) is 0 Å². The number of aliphatic hydroxyl groups excluding tert-OH is 1. The van der Waals surface area contributed by atoms with E-state index in [1.54, 1.807) is 18.2 Å². The summed E-state index contributed by atoms with van der Waals surface area (Å²) in [5.41, 5.74) is 7.35. The highest BCUT2D eigenvalue weighted by Crippen LogP contribution is 2.18. The maximum Gasteiger partial charge on any atom is 0.101 e. The molecule has 4 nitrogen and oxygen atoms in total. The summed E-state index contributed by atoms with van der Waals surface area (Å²) in [4.78, 5) is 0. The van der Waals surface area contributed by atoms with Crippen LogP contribution in [0.25, 0.3) is 0 Å². The highest BCUT2D eigenvalue weighted by atomic mass is 16.3. The van der Waals surface area contributed by atoms with Gasteiger partial charge < -0.3 is 16.2 Å². The van der Waals surface area contributed by atoms with Crippen molar-refractivity contribution >= 4 is 11.4 Å². The smallest absolute Gasteiger partial charge is 0.101 e. The van der Waals surface area contributed by atoms with Gasteiger partial charge in [-0.05, 0) is 24.1 Å². The van der Waals surface area contributed by atoms with E-state index in [4.69, 9.17) is 11.0 Å². The van der Waals surface area contributed by atoms with Gasteiger partial charge in [-0.15, -0.1) is 0 Å². The van der Waals surface area contributed by atoms with Crippen molar-refractivity contribution in [3.63, 3.8) is 0 Å². The molecule has 4 N–H and O–H groups in total. The summed E-state index contributed by atoms with van der Waals surface area (Å²) in [5, 5.41) is 21.2. The summed E-state index contributed by atoms with van der Waals surface area (Å²) in [6.45, 7) is 4.11. The van der Waals surface area contributed by atoms with Crippen LogP contribution in [0, 0.1) is 17.2 Å². The Balaban J connectivity index is 2.86. The van der Waals surface area contributed by atoms with Gasteiger partial charge in [0.15, 0.2) is 0 Å². The van der Waals surface area contributed by atoms with Gasteiger partial charge in [0, 0.05) is 11.4 Å². The van der Waals surface area contributed by atoms with E-state index in [0.717, 1.165) is 5.69 Å². The Morgan fingerprint density at radius 2 is 2.19 bits per heavy atom. The molecule has 0 amide bonds. The van der Waals surface area contributed by atoms with Crippen LogP contribution in [0.4, 0.5) is 11.4 Å². The van der Waals surface area contributed by atoms with Crippen LogP contribution in [-0.2, 0) is 0 Å². The van der Waals surface area contributed by atoms with E-state index in [-0.39, 0.29) is 12.6 Å². The summed E-state index contributed by atoms with van der Waals surface area (Å²) in [7, 11) is 0. The van der Waals surface area contributed by atoms with Gasteiger partial charge in [-0.1, -0.05) is 13.8 Å². The molecular formula is C12H17N3O. The third-order valence-electron chi connectivity index (χ3n) is 2.53. The first-order chi connectivity index (χ1) is 7.58. The summed E-state index contributed by atoms with van der Waals surface area (Å²) in [5.74, 6) is 0.313. The molecule has 0 aliphatic heterocycles. The Labute approximate surface area is 95.7 Å². The molecule has 1 aromatic rings. The van der Waals surface area contributed by atoms with Crippen LogP contribution in [0.2, 0.25) is 0 Å². The predicted octanol–water partition coefficient (Wildman–Crippen LogP) is 1.57. The number of anilines is 2. The fourth-order valence-electron chi connectivity index (χ4n) is 1.38. The zero-order valence-corrected chi connectivity index (χ0v) is 9.57. The van der Waals surface area contributed by atoms with Crippen molar-refractivity contribution in [3.8, 4) is 6.07 Å². The number of nitrogens with zero attached hydrogens (tertiary/aromatic N) is 1. The molecule has 0 fully saturated rings.